The van der Waals surface area contributed by atoms with Gasteiger partial charge in [0.2, 0.25) is 0 Å². The molecular formula is C24H29F3N4O3. The first-order valence-corrected chi connectivity index (χ1v) is 11.9. The maximum Gasteiger partial charge on any atom is 0.406 e. The highest BCUT2D eigenvalue weighted by Crippen LogP contribution is 2.29. The average molecular weight is 479 g/mol. The number of rotatable bonds is 4. The molecule has 3 heterocycles. The number of hydrogen-bond acceptors (Lipinski definition) is 4. The zero-order valence-electron chi connectivity index (χ0n) is 19.0. The summed E-state index contributed by atoms with van der Waals surface area (Å²) in [4.78, 5) is 32.0. The van der Waals surface area contributed by atoms with E-state index in [0.29, 0.717) is 61.9 Å². The van der Waals surface area contributed by atoms with E-state index < -0.39 is 18.6 Å². The largest absolute Gasteiger partial charge is 0.406 e. The van der Waals surface area contributed by atoms with Crippen molar-refractivity contribution in [2.75, 3.05) is 52.5 Å². The summed E-state index contributed by atoms with van der Waals surface area (Å²) < 4.78 is 46.4. The second-order valence-corrected chi connectivity index (χ2v) is 9.32. The molecule has 0 bridgehead atoms. The van der Waals surface area contributed by atoms with Crippen LogP contribution < -0.4 is 0 Å². The van der Waals surface area contributed by atoms with Crippen LogP contribution in [0.1, 0.15) is 40.1 Å². The molecule has 0 N–H and O–H groups in total. The van der Waals surface area contributed by atoms with Gasteiger partial charge in [0.25, 0.3) is 11.8 Å². The molecule has 1 aliphatic carbocycles. The lowest BCUT2D eigenvalue weighted by molar-refractivity contribution is -0.140. The summed E-state index contributed by atoms with van der Waals surface area (Å²) in [6.45, 7) is 3.10. The van der Waals surface area contributed by atoms with E-state index in [9.17, 15) is 22.8 Å². The van der Waals surface area contributed by atoms with Crippen molar-refractivity contribution < 1.29 is 27.5 Å². The fourth-order valence-electron chi connectivity index (χ4n) is 5.08. The summed E-state index contributed by atoms with van der Waals surface area (Å²) in [5.74, 6) is -0.580. The van der Waals surface area contributed by atoms with Crippen LogP contribution in [-0.4, -0.2) is 95.8 Å². The topological polar surface area (TPSA) is 58.0 Å². The molecule has 2 aromatic rings. The molecular weight excluding hydrogens is 449 g/mol. The highest BCUT2D eigenvalue weighted by molar-refractivity contribution is 6.02. The number of benzene rings is 1. The molecule has 3 aliphatic rings. The lowest BCUT2D eigenvalue weighted by Gasteiger charge is -2.42. The SMILES string of the molecule is O=C(c1ccc2c(c1)cc(C(=O)N1CCOCC1)n2CC(F)(F)F)N1CCN(C2CCC2)CC1. The van der Waals surface area contributed by atoms with Crippen molar-refractivity contribution >= 4 is 22.7 Å². The normalized spacial score (nSPS) is 20.6. The lowest BCUT2D eigenvalue weighted by atomic mass is 9.91. The van der Waals surface area contributed by atoms with Crippen molar-refractivity contribution in [1.82, 2.24) is 19.3 Å². The molecule has 184 valence electrons. The van der Waals surface area contributed by atoms with Crippen LogP contribution in [0.2, 0.25) is 0 Å². The minimum Gasteiger partial charge on any atom is -0.378 e. The second-order valence-electron chi connectivity index (χ2n) is 9.32. The van der Waals surface area contributed by atoms with E-state index in [1.54, 1.807) is 12.1 Å². The molecule has 10 heteroatoms. The van der Waals surface area contributed by atoms with Crippen molar-refractivity contribution in [3.8, 4) is 0 Å². The van der Waals surface area contributed by atoms with Crippen LogP contribution in [0.15, 0.2) is 24.3 Å². The molecule has 0 unspecified atom stereocenters. The first-order valence-electron chi connectivity index (χ1n) is 11.9. The monoisotopic (exact) mass is 478 g/mol. The van der Waals surface area contributed by atoms with Crippen LogP contribution in [-0.2, 0) is 11.3 Å². The number of carbonyl (C=O) groups is 2. The van der Waals surface area contributed by atoms with E-state index in [4.69, 9.17) is 4.74 Å². The highest BCUT2D eigenvalue weighted by atomic mass is 19.4. The van der Waals surface area contributed by atoms with Gasteiger partial charge in [0.05, 0.1) is 13.2 Å². The minimum atomic E-state index is -4.49. The van der Waals surface area contributed by atoms with Gasteiger partial charge in [0.15, 0.2) is 0 Å². The highest BCUT2D eigenvalue weighted by Gasteiger charge is 2.33. The molecule has 3 fully saturated rings. The summed E-state index contributed by atoms with van der Waals surface area (Å²) >= 11 is 0. The quantitative estimate of drug-likeness (QED) is 0.678. The standard InChI is InChI=1S/C24H29F3N4O3/c25-24(26,27)16-31-20-5-4-17(22(32)29-8-6-28(7-9-29)19-2-1-3-19)14-18(20)15-21(31)23(33)30-10-12-34-13-11-30/h4-5,14-15,19H,1-3,6-13,16H2. The Bertz CT molecular complexity index is 1070. The Hall–Kier alpha value is -2.59. The van der Waals surface area contributed by atoms with Gasteiger partial charge in [-0.1, -0.05) is 6.42 Å². The first kappa shape index (κ1) is 23.2. The number of amides is 2. The Labute approximate surface area is 196 Å². The molecule has 1 aromatic heterocycles. The fraction of sp³-hybridized carbons (Fsp3) is 0.583. The van der Waals surface area contributed by atoms with Crippen LogP contribution in [0.5, 0.6) is 0 Å². The Morgan fingerprint density at radius 3 is 2.21 bits per heavy atom. The summed E-state index contributed by atoms with van der Waals surface area (Å²) in [5.41, 5.74) is 0.701. The van der Waals surface area contributed by atoms with Gasteiger partial charge in [0.1, 0.15) is 12.2 Å². The molecule has 2 aliphatic heterocycles. The Kier molecular flexibility index (Phi) is 6.28. The van der Waals surface area contributed by atoms with E-state index in [-0.39, 0.29) is 11.6 Å². The van der Waals surface area contributed by atoms with Crippen molar-refractivity contribution in [3.05, 3.63) is 35.5 Å². The molecule has 1 aromatic carbocycles. The number of carbonyl (C=O) groups excluding carboxylic acids is 2. The Balaban J connectivity index is 1.39. The number of fused-ring (bicyclic) bond motifs is 1. The molecule has 2 amide bonds. The molecule has 5 rings (SSSR count). The number of halogens is 3. The Morgan fingerprint density at radius 2 is 1.59 bits per heavy atom. The van der Waals surface area contributed by atoms with Gasteiger partial charge in [-0.2, -0.15) is 13.2 Å². The van der Waals surface area contributed by atoms with Gasteiger partial charge in [-0.05, 0) is 37.1 Å². The molecule has 0 radical (unpaired) electrons. The van der Waals surface area contributed by atoms with E-state index in [2.05, 4.69) is 4.90 Å². The first-order chi connectivity index (χ1) is 16.3. The smallest absolute Gasteiger partial charge is 0.378 e. The third-order valence-electron chi connectivity index (χ3n) is 7.20. The van der Waals surface area contributed by atoms with E-state index in [1.165, 1.54) is 36.3 Å². The van der Waals surface area contributed by atoms with Crippen molar-refractivity contribution in [2.24, 2.45) is 0 Å². The fourth-order valence-corrected chi connectivity index (χ4v) is 5.08. The third kappa shape index (κ3) is 4.65. The number of alkyl halides is 3. The van der Waals surface area contributed by atoms with Gasteiger partial charge in [-0.25, -0.2) is 0 Å². The molecule has 7 nitrogen and oxygen atoms in total. The molecule has 0 spiro atoms. The van der Waals surface area contributed by atoms with Crippen molar-refractivity contribution in [1.29, 1.82) is 0 Å². The third-order valence-corrected chi connectivity index (χ3v) is 7.20. The van der Waals surface area contributed by atoms with Gasteiger partial charge in [-0.15, -0.1) is 0 Å². The zero-order valence-corrected chi connectivity index (χ0v) is 19.0. The summed E-state index contributed by atoms with van der Waals surface area (Å²) in [7, 11) is 0. The van der Waals surface area contributed by atoms with E-state index >= 15 is 0 Å². The van der Waals surface area contributed by atoms with Crippen LogP contribution in [0.4, 0.5) is 13.2 Å². The van der Waals surface area contributed by atoms with E-state index in [1.807, 2.05) is 4.90 Å². The van der Waals surface area contributed by atoms with Crippen LogP contribution in [0.25, 0.3) is 10.9 Å². The van der Waals surface area contributed by atoms with Crippen LogP contribution in [0, 0.1) is 0 Å². The van der Waals surface area contributed by atoms with Crippen LogP contribution >= 0.6 is 0 Å². The predicted octanol–water partition coefficient (Wildman–Crippen LogP) is 2.99. The number of ether oxygens (including phenoxy) is 1. The number of nitrogens with zero attached hydrogens (tertiary/aromatic N) is 4. The summed E-state index contributed by atoms with van der Waals surface area (Å²) in [5, 5.41) is 0.458. The summed E-state index contributed by atoms with van der Waals surface area (Å²) in [6, 6.07) is 6.82. The minimum absolute atomic E-state index is 0.0204. The maximum atomic E-state index is 13.4. The molecule has 34 heavy (non-hydrogen) atoms. The average Bonchev–Trinajstić information content (AvgIpc) is 3.14. The van der Waals surface area contributed by atoms with Gasteiger partial charge in [-0.3, -0.25) is 14.5 Å². The molecule has 0 atom stereocenters. The van der Waals surface area contributed by atoms with Gasteiger partial charge in [0, 0.05) is 61.8 Å². The summed E-state index contributed by atoms with van der Waals surface area (Å²) in [6.07, 6.45) is -0.759. The second kappa shape index (κ2) is 9.22. The van der Waals surface area contributed by atoms with Crippen LogP contribution in [0.3, 0.4) is 0 Å². The van der Waals surface area contributed by atoms with Gasteiger partial charge < -0.3 is 19.1 Å². The molecule has 2 saturated heterocycles. The lowest BCUT2D eigenvalue weighted by Crippen LogP contribution is -2.53. The predicted molar refractivity (Wildman–Crippen MR) is 120 cm³/mol. The van der Waals surface area contributed by atoms with Crippen molar-refractivity contribution in [3.63, 3.8) is 0 Å². The number of aromatic nitrogens is 1. The Morgan fingerprint density at radius 1 is 0.912 bits per heavy atom. The van der Waals surface area contributed by atoms with E-state index in [0.717, 1.165) is 17.7 Å². The van der Waals surface area contributed by atoms with Crippen molar-refractivity contribution in [2.45, 2.75) is 38.0 Å². The maximum absolute atomic E-state index is 13.4. The number of morpholine rings is 1. The number of hydrogen-bond donors (Lipinski definition) is 0. The van der Waals surface area contributed by atoms with Gasteiger partial charge >= 0.3 is 6.18 Å². The number of piperazine rings is 1. The zero-order chi connectivity index (χ0) is 23.9. The molecule has 1 saturated carbocycles.